The van der Waals surface area contributed by atoms with Crippen molar-refractivity contribution in [3.05, 3.63) is 22.7 Å². The van der Waals surface area contributed by atoms with Crippen molar-refractivity contribution in [1.82, 2.24) is 0 Å². The highest BCUT2D eigenvalue weighted by Crippen LogP contribution is 2.28. The van der Waals surface area contributed by atoms with Crippen LogP contribution in [0.2, 0.25) is 0 Å². The molecule has 1 aliphatic rings. The molecule has 0 heterocycles. The van der Waals surface area contributed by atoms with Crippen LogP contribution in [0.3, 0.4) is 0 Å². The van der Waals surface area contributed by atoms with E-state index in [1.54, 1.807) is 7.11 Å². The second kappa shape index (κ2) is 5.74. The van der Waals surface area contributed by atoms with Gasteiger partial charge in [0, 0.05) is 29.8 Å². The molecule has 4 heteroatoms. The molecule has 17 heavy (non-hydrogen) atoms. The topological polar surface area (TPSA) is 44.5 Å². The van der Waals surface area contributed by atoms with Gasteiger partial charge < -0.3 is 15.2 Å². The number of rotatable bonds is 3. The van der Waals surface area contributed by atoms with Crippen LogP contribution in [-0.2, 0) is 4.74 Å². The average Bonchev–Trinajstić information content (AvgIpc) is 2.28. The van der Waals surface area contributed by atoms with Gasteiger partial charge in [-0.2, -0.15) is 0 Å². The van der Waals surface area contributed by atoms with Crippen LogP contribution >= 0.6 is 15.9 Å². The molecular formula is C13H18BrNO2. The van der Waals surface area contributed by atoms with Crippen molar-refractivity contribution in [2.24, 2.45) is 0 Å². The molecule has 0 aromatic heterocycles. The van der Waals surface area contributed by atoms with Gasteiger partial charge in [0.25, 0.3) is 0 Å². The molecule has 1 saturated carbocycles. The number of anilines is 1. The number of nitrogens with two attached hydrogens (primary N) is 1. The van der Waals surface area contributed by atoms with Crippen molar-refractivity contribution in [2.75, 3.05) is 12.8 Å². The van der Waals surface area contributed by atoms with Crippen LogP contribution in [0, 0.1) is 0 Å². The lowest BCUT2D eigenvalue weighted by molar-refractivity contribution is 0.0210. The molecule has 0 spiro atoms. The van der Waals surface area contributed by atoms with Gasteiger partial charge in [-0.05, 0) is 31.4 Å². The summed E-state index contributed by atoms with van der Waals surface area (Å²) in [6.45, 7) is 0. The zero-order valence-corrected chi connectivity index (χ0v) is 11.6. The first-order chi connectivity index (χ1) is 8.17. The quantitative estimate of drug-likeness (QED) is 0.870. The summed E-state index contributed by atoms with van der Waals surface area (Å²) in [5, 5.41) is 0. The summed E-state index contributed by atoms with van der Waals surface area (Å²) in [4.78, 5) is 0. The number of hydrogen-bond acceptors (Lipinski definition) is 3. The van der Waals surface area contributed by atoms with E-state index >= 15 is 0 Å². The van der Waals surface area contributed by atoms with E-state index in [2.05, 4.69) is 15.9 Å². The van der Waals surface area contributed by atoms with E-state index in [0.717, 1.165) is 35.9 Å². The van der Waals surface area contributed by atoms with E-state index in [-0.39, 0.29) is 6.10 Å². The molecule has 1 aromatic rings. The number of nitrogen functional groups attached to an aromatic ring is 1. The molecule has 0 aliphatic heterocycles. The first-order valence-electron chi connectivity index (χ1n) is 5.93. The van der Waals surface area contributed by atoms with Crippen LogP contribution in [-0.4, -0.2) is 19.3 Å². The number of methoxy groups -OCH3 is 1. The Labute approximate surface area is 110 Å². The molecule has 1 aliphatic carbocycles. The number of ether oxygens (including phenoxy) is 2. The molecule has 0 amide bonds. The van der Waals surface area contributed by atoms with Crippen molar-refractivity contribution in [1.29, 1.82) is 0 Å². The van der Waals surface area contributed by atoms with Crippen molar-refractivity contribution < 1.29 is 9.47 Å². The van der Waals surface area contributed by atoms with E-state index in [1.165, 1.54) is 0 Å². The van der Waals surface area contributed by atoms with Gasteiger partial charge in [0.1, 0.15) is 11.9 Å². The molecule has 2 rings (SSSR count). The van der Waals surface area contributed by atoms with Crippen LogP contribution in [0.5, 0.6) is 5.75 Å². The normalized spacial score (nSPS) is 24.6. The molecule has 2 N–H and O–H groups in total. The average molecular weight is 300 g/mol. The van der Waals surface area contributed by atoms with E-state index < -0.39 is 0 Å². The molecular weight excluding hydrogens is 282 g/mol. The second-order valence-electron chi connectivity index (χ2n) is 4.48. The summed E-state index contributed by atoms with van der Waals surface area (Å²) in [6.07, 6.45) is 4.92. The first-order valence-corrected chi connectivity index (χ1v) is 6.72. The maximum absolute atomic E-state index is 5.96. The van der Waals surface area contributed by atoms with E-state index in [0.29, 0.717) is 11.8 Å². The van der Waals surface area contributed by atoms with Gasteiger partial charge in [-0.25, -0.2) is 0 Å². The minimum absolute atomic E-state index is 0.238. The van der Waals surface area contributed by atoms with Gasteiger partial charge in [0.05, 0.1) is 6.10 Å². The summed E-state index contributed by atoms with van der Waals surface area (Å²) in [5.41, 5.74) is 6.50. The minimum atomic E-state index is 0.238. The highest BCUT2D eigenvalue weighted by Gasteiger charge is 2.23. The largest absolute Gasteiger partial charge is 0.490 e. The molecule has 2 unspecified atom stereocenters. The molecule has 0 radical (unpaired) electrons. The lowest BCUT2D eigenvalue weighted by Crippen LogP contribution is -2.29. The maximum Gasteiger partial charge on any atom is 0.122 e. The van der Waals surface area contributed by atoms with Gasteiger partial charge in [-0.1, -0.05) is 15.9 Å². The number of hydrogen-bond donors (Lipinski definition) is 1. The second-order valence-corrected chi connectivity index (χ2v) is 5.40. The van der Waals surface area contributed by atoms with E-state index in [1.807, 2.05) is 18.2 Å². The molecule has 2 atom stereocenters. The smallest absolute Gasteiger partial charge is 0.122 e. The maximum atomic E-state index is 5.96. The van der Waals surface area contributed by atoms with Gasteiger partial charge in [0.15, 0.2) is 0 Å². The Hall–Kier alpha value is -0.740. The lowest BCUT2D eigenvalue weighted by Gasteiger charge is -2.28. The lowest BCUT2D eigenvalue weighted by atomic mass is 9.95. The Morgan fingerprint density at radius 3 is 2.71 bits per heavy atom. The predicted octanol–water partition coefficient (Wildman–Crippen LogP) is 3.37. The highest BCUT2D eigenvalue weighted by molar-refractivity contribution is 9.10. The van der Waals surface area contributed by atoms with Crippen LogP contribution < -0.4 is 10.5 Å². The van der Waals surface area contributed by atoms with Crippen molar-refractivity contribution in [3.63, 3.8) is 0 Å². The summed E-state index contributed by atoms with van der Waals surface area (Å²) in [5.74, 6) is 0.832. The first kappa shape index (κ1) is 12.7. The van der Waals surface area contributed by atoms with Crippen molar-refractivity contribution in [2.45, 2.75) is 37.9 Å². The number of halogens is 1. The Morgan fingerprint density at radius 2 is 2.00 bits per heavy atom. The molecule has 0 bridgehead atoms. The molecule has 0 saturated heterocycles. The standard InChI is InChI=1S/C13H18BrNO2/c1-16-11-3-2-4-12(8-11)17-13-6-9(14)5-10(15)7-13/h5-7,11-12H,2-4,8,15H2,1H3. The van der Waals surface area contributed by atoms with Crippen molar-refractivity contribution in [3.8, 4) is 5.75 Å². The minimum Gasteiger partial charge on any atom is -0.490 e. The third kappa shape index (κ3) is 3.61. The van der Waals surface area contributed by atoms with Gasteiger partial charge in [0.2, 0.25) is 0 Å². The molecule has 1 fully saturated rings. The summed E-state index contributed by atoms with van der Waals surface area (Å²) in [7, 11) is 1.77. The van der Waals surface area contributed by atoms with Crippen LogP contribution in [0.1, 0.15) is 25.7 Å². The third-order valence-electron chi connectivity index (χ3n) is 3.11. The summed E-state index contributed by atoms with van der Waals surface area (Å²) < 4.78 is 12.3. The van der Waals surface area contributed by atoms with Crippen LogP contribution in [0.4, 0.5) is 5.69 Å². The fraction of sp³-hybridized carbons (Fsp3) is 0.538. The Morgan fingerprint density at radius 1 is 1.24 bits per heavy atom. The predicted molar refractivity (Wildman–Crippen MR) is 72.2 cm³/mol. The summed E-state index contributed by atoms with van der Waals surface area (Å²) >= 11 is 3.42. The zero-order valence-electron chi connectivity index (χ0n) is 9.99. The Balaban J connectivity index is 2.00. The Kier molecular flexibility index (Phi) is 4.29. The van der Waals surface area contributed by atoms with Crippen molar-refractivity contribution >= 4 is 21.6 Å². The molecule has 1 aromatic carbocycles. The zero-order chi connectivity index (χ0) is 12.3. The van der Waals surface area contributed by atoms with Gasteiger partial charge in [-0.15, -0.1) is 0 Å². The monoisotopic (exact) mass is 299 g/mol. The van der Waals surface area contributed by atoms with E-state index in [4.69, 9.17) is 15.2 Å². The fourth-order valence-electron chi connectivity index (χ4n) is 2.27. The molecule has 3 nitrogen and oxygen atoms in total. The van der Waals surface area contributed by atoms with Gasteiger partial charge in [-0.3, -0.25) is 0 Å². The van der Waals surface area contributed by atoms with E-state index in [9.17, 15) is 0 Å². The highest BCUT2D eigenvalue weighted by atomic mass is 79.9. The van der Waals surface area contributed by atoms with Crippen LogP contribution in [0.15, 0.2) is 22.7 Å². The van der Waals surface area contributed by atoms with Gasteiger partial charge >= 0.3 is 0 Å². The summed E-state index contributed by atoms with van der Waals surface area (Å²) in [6, 6.07) is 5.68. The van der Waals surface area contributed by atoms with Crippen LogP contribution in [0.25, 0.3) is 0 Å². The third-order valence-corrected chi connectivity index (χ3v) is 3.57. The Bertz CT molecular complexity index is 363. The SMILES string of the molecule is COC1CCCC(Oc2cc(N)cc(Br)c2)C1. The fourth-order valence-corrected chi connectivity index (χ4v) is 2.76. The molecule has 94 valence electrons. The number of benzene rings is 1.